The first kappa shape index (κ1) is 9.04. The molecule has 0 N–H and O–H groups in total. The summed E-state index contributed by atoms with van der Waals surface area (Å²) in [7, 11) is 5.45. The lowest BCUT2D eigenvalue weighted by Gasteiger charge is -2.15. The van der Waals surface area contributed by atoms with Gasteiger partial charge in [-0.3, -0.25) is 0 Å². The van der Waals surface area contributed by atoms with Crippen molar-refractivity contribution in [1.82, 2.24) is 0 Å². The summed E-state index contributed by atoms with van der Waals surface area (Å²) in [6, 6.07) is 0.306. The van der Waals surface area contributed by atoms with Crippen molar-refractivity contribution in [3.8, 4) is 0 Å². The molecule has 3 atom stereocenters. The molecule has 3 nitrogen and oxygen atoms in total. The van der Waals surface area contributed by atoms with E-state index < -0.39 is 0 Å². The Morgan fingerprint density at radius 2 is 2.27 bits per heavy atom. The van der Waals surface area contributed by atoms with Crippen LogP contribution in [0.15, 0.2) is 0 Å². The van der Waals surface area contributed by atoms with E-state index in [1.54, 1.807) is 14.2 Å². The summed E-state index contributed by atoms with van der Waals surface area (Å²) in [4.78, 5) is 0. The topological polar surface area (TPSA) is 27.7 Å². The number of hydrogen-bond donors (Lipinski definition) is 0. The van der Waals surface area contributed by atoms with Gasteiger partial charge in [0, 0.05) is 20.2 Å². The smallest absolute Gasteiger partial charge is 0.139 e. The Bertz CT molecular complexity index is 120. The Hall–Kier alpha value is -0.0551. The van der Waals surface area contributed by atoms with Gasteiger partial charge in [-0.15, -0.1) is 0 Å². The van der Waals surface area contributed by atoms with Gasteiger partial charge in [0.05, 0.1) is 12.7 Å². The zero-order valence-electron chi connectivity index (χ0n) is 7.37. The summed E-state index contributed by atoms with van der Waals surface area (Å²) in [5.41, 5.74) is 0. The van der Waals surface area contributed by atoms with Crippen molar-refractivity contribution in [2.75, 3.05) is 20.8 Å². The maximum Gasteiger partial charge on any atom is 0.139 e. The van der Waals surface area contributed by atoms with Crippen LogP contribution >= 0.6 is 0 Å². The van der Waals surface area contributed by atoms with Crippen molar-refractivity contribution >= 4 is 7.85 Å². The molecule has 1 saturated heterocycles. The Balaban J connectivity index is 2.37. The van der Waals surface area contributed by atoms with Gasteiger partial charge in [-0.05, 0) is 6.42 Å². The third-order valence-corrected chi connectivity index (χ3v) is 2.02. The summed E-state index contributed by atoms with van der Waals surface area (Å²) in [5, 5.41) is 0. The molecule has 0 aromatic rings. The van der Waals surface area contributed by atoms with Crippen LogP contribution in [0.4, 0.5) is 0 Å². The van der Waals surface area contributed by atoms with Gasteiger partial charge in [0.25, 0.3) is 0 Å². The number of ether oxygens (including phenoxy) is 3. The van der Waals surface area contributed by atoms with E-state index in [0.29, 0.717) is 12.6 Å². The van der Waals surface area contributed by atoms with Crippen LogP contribution < -0.4 is 0 Å². The molecule has 0 spiro atoms. The van der Waals surface area contributed by atoms with Gasteiger partial charge in [-0.1, -0.05) is 0 Å². The van der Waals surface area contributed by atoms with Crippen molar-refractivity contribution in [1.29, 1.82) is 0 Å². The molecule has 0 radical (unpaired) electrons. The van der Waals surface area contributed by atoms with Crippen molar-refractivity contribution in [2.45, 2.75) is 24.6 Å². The molecular weight excluding hydrogens is 143 g/mol. The van der Waals surface area contributed by atoms with E-state index in [-0.39, 0.29) is 12.2 Å². The van der Waals surface area contributed by atoms with E-state index >= 15 is 0 Å². The minimum absolute atomic E-state index is 0.125. The van der Waals surface area contributed by atoms with Crippen LogP contribution in [0.25, 0.3) is 0 Å². The quantitative estimate of drug-likeness (QED) is 0.513. The van der Waals surface area contributed by atoms with Gasteiger partial charge in [-0.25, -0.2) is 0 Å². The maximum atomic E-state index is 5.56. The Labute approximate surface area is 68.4 Å². The van der Waals surface area contributed by atoms with Crippen LogP contribution in [0.2, 0.25) is 0 Å². The molecule has 64 valence electrons. The van der Waals surface area contributed by atoms with Crippen LogP contribution in [0.1, 0.15) is 6.42 Å². The predicted octanol–water partition coefficient (Wildman–Crippen LogP) is -0.604. The second-order valence-electron chi connectivity index (χ2n) is 2.95. The molecule has 1 aliphatic rings. The summed E-state index contributed by atoms with van der Waals surface area (Å²) < 4.78 is 15.8. The third kappa shape index (κ3) is 2.19. The average Bonchev–Trinajstić information content (AvgIpc) is 2.32. The first-order valence-electron chi connectivity index (χ1n) is 3.95. The lowest BCUT2D eigenvalue weighted by molar-refractivity contribution is -0.0315. The van der Waals surface area contributed by atoms with E-state index in [0.717, 1.165) is 6.42 Å². The zero-order chi connectivity index (χ0) is 8.27. The van der Waals surface area contributed by atoms with Gasteiger partial charge in [-0.2, -0.15) is 0 Å². The summed E-state index contributed by atoms with van der Waals surface area (Å²) in [6.45, 7) is 0.628. The molecule has 0 amide bonds. The number of hydrogen-bond acceptors (Lipinski definition) is 3. The average molecular weight is 158 g/mol. The first-order valence-corrected chi connectivity index (χ1v) is 3.95. The van der Waals surface area contributed by atoms with E-state index in [4.69, 9.17) is 14.2 Å². The van der Waals surface area contributed by atoms with Crippen molar-refractivity contribution in [2.24, 2.45) is 0 Å². The second-order valence-corrected chi connectivity index (χ2v) is 2.95. The van der Waals surface area contributed by atoms with Crippen molar-refractivity contribution in [3.63, 3.8) is 0 Å². The molecule has 0 saturated carbocycles. The van der Waals surface area contributed by atoms with Crippen LogP contribution in [0.3, 0.4) is 0 Å². The van der Waals surface area contributed by atoms with E-state index in [9.17, 15) is 0 Å². The molecule has 0 aliphatic carbocycles. The standard InChI is InChI=1S/C7H15BO3/c1-9-4-6-5(10-2)3-7(8)11-6/h5-7H,3-4,8H2,1-2H3. The molecule has 1 rings (SSSR count). The van der Waals surface area contributed by atoms with E-state index in [2.05, 4.69) is 7.85 Å². The molecular formula is C7H15BO3. The minimum Gasteiger partial charge on any atom is -0.382 e. The second kappa shape index (κ2) is 4.09. The highest BCUT2D eigenvalue weighted by atomic mass is 16.6. The normalized spacial score (nSPS) is 37.8. The van der Waals surface area contributed by atoms with Gasteiger partial charge in [0.1, 0.15) is 14.0 Å². The fourth-order valence-electron chi connectivity index (χ4n) is 1.48. The molecule has 0 aromatic carbocycles. The molecule has 4 heteroatoms. The summed E-state index contributed by atoms with van der Waals surface area (Å²) in [5.74, 6) is 0. The molecule has 1 fully saturated rings. The fraction of sp³-hybridized carbons (Fsp3) is 1.00. The fourth-order valence-corrected chi connectivity index (χ4v) is 1.48. The van der Waals surface area contributed by atoms with Gasteiger partial charge >= 0.3 is 0 Å². The van der Waals surface area contributed by atoms with Crippen LogP contribution in [-0.2, 0) is 14.2 Å². The largest absolute Gasteiger partial charge is 0.382 e. The Morgan fingerprint density at radius 1 is 1.55 bits per heavy atom. The number of rotatable bonds is 3. The molecule has 0 aromatic heterocycles. The Morgan fingerprint density at radius 3 is 2.82 bits per heavy atom. The van der Waals surface area contributed by atoms with E-state index in [1.807, 2.05) is 0 Å². The predicted molar refractivity (Wildman–Crippen MR) is 44.5 cm³/mol. The zero-order valence-corrected chi connectivity index (χ0v) is 7.37. The monoisotopic (exact) mass is 158 g/mol. The SMILES string of the molecule is BC1CC(OC)C(COC)O1. The number of methoxy groups -OCH3 is 2. The van der Waals surface area contributed by atoms with Crippen molar-refractivity contribution < 1.29 is 14.2 Å². The first-order chi connectivity index (χ1) is 5.27. The Kier molecular flexibility index (Phi) is 3.36. The molecule has 11 heavy (non-hydrogen) atoms. The highest BCUT2D eigenvalue weighted by Crippen LogP contribution is 2.20. The molecule has 1 aliphatic heterocycles. The lowest BCUT2D eigenvalue weighted by Crippen LogP contribution is -2.27. The van der Waals surface area contributed by atoms with Crippen LogP contribution in [0.5, 0.6) is 0 Å². The maximum absolute atomic E-state index is 5.56. The van der Waals surface area contributed by atoms with E-state index in [1.165, 1.54) is 0 Å². The highest BCUT2D eigenvalue weighted by molar-refractivity contribution is 6.11. The van der Waals surface area contributed by atoms with Crippen LogP contribution in [0, 0.1) is 0 Å². The third-order valence-electron chi connectivity index (χ3n) is 2.02. The van der Waals surface area contributed by atoms with Gasteiger partial charge < -0.3 is 14.2 Å². The summed E-state index contributed by atoms with van der Waals surface area (Å²) >= 11 is 0. The molecule has 1 heterocycles. The minimum atomic E-state index is 0.125. The van der Waals surface area contributed by atoms with Crippen molar-refractivity contribution in [3.05, 3.63) is 0 Å². The van der Waals surface area contributed by atoms with Gasteiger partial charge in [0.15, 0.2) is 0 Å². The lowest BCUT2D eigenvalue weighted by atomic mass is 9.96. The summed E-state index contributed by atoms with van der Waals surface area (Å²) in [6.07, 6.45) is 1.31. The molecule has 3 unspecified atom stereocenters. The highest BCUT2D eigenvalue weighted by Gasteiger charge is 2.32. The van der Waals surface area contributed by atoms with Gasteiger partial charge in [0.2, 0.25) is 0 Å². The molecule has 0 bridgehead atoms. The van der Waals surface area contributed by atoms with Crippen LogP contribution in [-0.4, -0.2) is 46.9 Å².